The fraction of sp³-hybridized carbons (Fsp3) is 0.696. The Kier molecular flexibility index (Phi) is 8.46. The van der Waals surface area contributed by atoms with Gasteiger partial charge < -0.3 is 14.2 Å². The highest BCUT2D eigenvalue weighted by Crippen LogP contribution is 2.35. The zero-order valence-electron chi connectivity index (χ0n) is 21.0. The number of likely N-dealkylation sites (tertiary alicyclic amines) is 1. The van der Waals surface area contributed by atoms with E-state index in [0.29, 0.717) is 4.90 Å². The Morgan fingerprint density at radius 1 is 1.06 bits per heavy atom. The molecule has 186 valence electrons. The SMILES string of the molecule is C=C(C[C@@]1(NC(=O)OC(C)(C)C)C(=O)[C@@H](C(C)C)N(C(=O)OC(C)(C)C)C1=O)C(=O)OCC. The van der Waals surface area contributed by atoms with Crippen LogP contribution in [-0.4, -0.2) is 64.1 Å². The molecule has 0 unspecified atom stereocenters. The molecule has 0 bridgehead atoms. The van der Waals surface area contributed by atoms with Crippen LogP contribution in [0.5, 0.6) is 0 Å². The van der Waals surface area contributed by atoms with Crippen molar-refractivity contribution in [3.8, 4) is 0 Å². The molecule has 0 aromatic heterocycles. The van der Waals surface area contributed by atoms with Gasteiger partial charge in [-0.1, -0.05) is 20.4 Å². The Hall–Kier alpha value is -2.91. The second kappa shape index (κ2) is 9.93. The Bertz CT molecular complexity index is 834. The zero-order chi connectivity index (χ0) is 25.9. The zero-order valence-corrected chi connectivity index (χ0v) is 21.0. The van der Waals surface area contributed by atoms with Crippen LogP contribution in [0.4, 0.5) is 9.59 Å². The molecule has 1 aliphatic heterocycles. The minimum Gasteiger partial charge on any atom is -0.463 e. The number of Topliss-reactive ketones (excluding diaryl/α,β-unsaturated/α-hetero) is 1. The number of carbonyl (C=O) groups is 5. The normalized spacial score (nSPS) is 21.2. The van der Waals surface area contributed by atoms with Crippen molar-refractivity contribution < 1.29 is 38.2 Å². The molecule has 10 heteroatoms. The molecule has 2 atom stereocenters. The number of nitrogens with one attached hydrogen (secondary N) is 1. The van der Waals surface area contributed by atoms with Crippen molar-refractivity contribution in [2.45, 2.75) is 91.5 Å². The summed E-state index contributed by atoms with van der Waals surface area (Å²) >= 11 is 0. The molecule has 0 aromatic rings. The summed E-state index contributed by atoms with van der Waals surface area (Å²) < 4.78 is 15.5. The van der Waals surface area contributed by atoms with Gasteiger partial charge in [-0.25, -0.2) is 19.3 Å². The Balaban J connectivity index is 3.56. The first-order valence-electron chi connectivity index (χ1n) is 10.8. The molecule has 1 rings (SSSR count). The third-order valence-electron chi connectivity index (χ3n) is 4.53. The van der Waals surface area contributed by atoms with E-state index in [1.54, 1.807) is 62.3 Å². The standard InChI is InChI=1S/C23H36N2O8/c1-11-31-17(27)14(4)12-23(24-19(29)32-21(5,6)7)16(26)15(13(2)3)25(18(23)28)20(30)33-22(8,9)10/h13,15H,4,11-12H2,1-3,5-10H3,(H,24,29)/t15-,23-/m1/s1. The van der Waals surface area contributed by atoms with Gasteiger partial charge >= 0.3 is 18.2 Å². The number of imide groups is 1. The maximum absolute atomic E-state index is 13.6. The van der Waals surface area contributed by atoms with Crippen molar-refractivity contribution in [2.75, 3.05) is 6.61 Å². The van der Waals surface area contributed by atoms with Gasteiger partial charge in [0, 0.05) is 12.0 Å². The molecule has 0 aromatic carbocycles. The lowest BCUT2D eigenvalue weighted by Crippen LogP contribution is -2.59. The summed E-state index contributed by atoms with van der Waals surface area (Å²) in [6.45, 7) is 18.2. The average molecular weight is 469 g/mol. The third-order valence-corrected chi connectivity index (χ3v) is 4.53. The summed E-state index contributed by atoms with van der Waals surface area (Å²) in [5.41, 5.74) is -4.39. The van der Waals surface area contributed by atoms with Crippen molar-refractivity contribution in [1.29, 1.82) is 0 Å². The molecule has 1 saturated heterocycles. The quantitative estimate of drug-likeness (QED) is 0.272. The molecular weight excluding hydrogens is 432 g/mol. The topological polar surface area (TPSA) is 128 Å². The first-order chi connectivity index (χ1) is 14.9. The van der Waals surface area contributed by atoms with E-state index in [2.05, 4.69) is 11.9 Å². The monoisotopic (exact) mass is 468 g/mol. The number of esters is 1. The maximum Gasteiger partial charge on any atom is 0.417 e. The number of carbonyl (C=O) groups excluding carboxylic acids is 5. The highest BCUT2D eigenvalue weighted by atomic mass is 16.6. The predicted molar refractivity (Wildman–Crippen MR) is 119 cm³/mol. The van der Waals surface area contributed by atoms with Crippen LogP contribution in [0.2, 0.25) is 0 Å². The summed E-state index contributed by atoms with van der Waals surface area (Å²) in [4.78, 5) is 65.8. The van der Waals surface area contributed by atoms with E-state index in [-0.39, 0.29) is 12.2 Å². The molecule has 1 fully saturated rings. The van der Waals surface area contributed by atoms with E-state index in [9.17, 15) is 24.0 Å². The Morgan fingerprint density at radius 3 is 2.00 bits per heavy atom. The number of ketones is 1. The number of ether oxygens (including phenoxy) is 3. The fourth-order valence-corrected chi connectivity index (χ4v) is 3.34. The van der Waals surface area contributed by atoms with E-state index in [0.717, 1.165) is 0 Å². The third kappa shape index (κ3) is 6.79. The van der Waals surface area contributed by atoms with Gasteiger partial charge in [-0.2, -0.15) is 0 Å². The van der Waals surface area contributed by atoms with Crippen LogP contribution in [0.15, 0.2) is 12.2 Å². The van der Waals surface area contributed by atoms with Crippen molar-refractivity contribution >= 4 is 29.8 Å². The number of alkyl carbamates (subject to hydrolysis) is 1. The van der Waals surface area contributed by atoms with Crippen LogP contribution in [0.25, 0.3) is 0 Å². The first-order valence-corrected chi connectivity index (χ1v) is 10.8. The van der Waals surface area contributed by atoms with Crippen LogP contribution >= 0.6 is 0 Å². The van der Waals surface area contributed by atoms with E-state index >= 15 is 0 Å². The second-order valence-corrected chi connectivity index (χ2v) is 10.2. The van der Waals surface area contributed by atoms with Gasteiger partial charge in [-0.05, 0) is 54.4 Å². The van der Waals surface area contributed by atoms with Crippen LogP contribution in [-0.2, 0) is 28.6 Å². The number of rotatable bonds is 6. The van der Waals surface area contributed by atoms with E-state index in [4.69, 9.17) is 14.2 Å². The lowest BCUT2D eigenvalue weighted by atomic mass is 9.84. The molecule has 10 nitrogen and oxygen atoms in total. The molecule has 0 radical (unpaired) electrons. The maximum atomic E-state index is 13.6. The summed E-state index contributed by atoms with van der Waals surface area (Å²) in [7, 11) is 0. The largest absolute Gasteiger partial charge is 0.463 e. The molecule has 1 heterocycles. The molecule has 1 aliphatic rings. The number of nitrogens with zero attached hydrogens (tertiary/aromatic N) is 1. The molecule has 0 saturated carbocycles. The predicted octanol–water partition coefficient (Wildman–Crippen LogP) is 3.13. The summed E-state index contributed by atoms with van der Waals surface area (Å²) in [5, 5.41) is 2.33. The molecule has 1 N–H and O–H groups in total. The van der Waals surface area contributed by atoms with Gasteiger partial charge in [0.05, 0.1) is 6.61 Å². The minimum atomic E-state index is -2.29. The van der Waals surface area contributed by atoms with E-state index < -0.39 is 65.0 Å². The van der Waals surface area contributed by atoms with Crippen LogP contribution < -0.4 is 5.32 Å². The van der Waals surface area contributed by atoms with E-state index in [1.807, 2.05) is 0 Å². The van der Waals surface area contributed by atoms with Gasteiger partial charge in [0.25, 0.3) is 5.91 Å². The van der Waals surface area contributed by atoms with Gasteiger partial charge in [0.2, 0.25) is 0 Å². The molecule has 33 heavy (non-hydrogen) atoms. The summed E-state index contributed by atoms with van der Waals surface area (Å²) in [6, 6.07) is -1.24. The molecule has 3 amide bonds. The lowest BCUT2D eigenvalue weighted by molar-refractivity contribution is -0.139. The highest BCUT2D eigenvalue weighted by Gasteiger charge is 2.64. The molecule has 0 aliphatic carbocycles. The fourth-order valence-electron chi connectivity index (χ4n) is 3.34. The van der Waals surface area contributed by atoms with Crippen LogP contribution in [0.3, 0.4) is 0 Å². The highest BCUT2D eigenvalue weighted by molar-refractivity contribution is 6.24. The molecular formula is C23H36N2O8. The van der Waals surface area contributed by atoms with E-state index in [1.165, 1.54) is 0 Å². The Morgan fingerprint density at radius 2 is 1.58 bits per heavy atom. The second-order valence-electron chi connectivity index (χ2n) is 10.2. The molecule has 0 spiro atoms. The minimum absolute atomic E-state index is 0.0465. The van der Waals surface area contributed by atoms with Gasteiger partial charge in [-0.15, -0.1) is 0 Å². The van der Waals surface area contributed by atoms with Crippen LogP contribution in [0.1, 0.15) is 68.7 Å². The number of hydrogen-bond acceptors (Lipinski definition) is 8. The van der Waals surface area contributed by atoms with Gasteiger partial charge in [0.15, 0.2) is 11.3 Å². The van der Waals surface area contributed by atoms with Gasteiger partial charge in [-0.3, -0.25) is 14.9 Å². The Labute approximate surface area is 195 Å². The van der Waals surface area contributed by atoms with Crippen molar-refractivity contribution in [2.24, 2.45) is 5.92 Å². The van der Waals surface area contributed by atoms with Crippen molar-refractivity contribution in [3.05, 3.63) is 12.2 Å². The summed E-state index contributed by atoms with van der Waals surface area (Å²) in [6.07, 6.45) is -2.69. The lowest BCUT2D eigenvalue weighted by Gasteiger charge is -2.29. The average Bonchev–Trinajstić information content (AvgIpc) is 2.80. The number of amides is 3. The first kappa shape index (κ1) is 28.1. The van der Waals surface area contributed by atoms with Gasteiger partial charge in [0.1, 0.15) is 17.2 Å². The summed E-state index contributed by atoms with van der Waals surface area (Å²) in [5.74, 6) is -3.14. The number of hydrogen-bond donors (Lipinski definition) is 1. The van der Waals surface area contributed by atoms with Crippen LogP contribution in [0, 0.1) is 5.92 Å². The van der Waals surface area contributed by atoms with Crippen molar-refractivity contribution in [1.82, 2.24) is 10.2 Å². The van der Waals surface area contributed by atoms with Crippen molar-refractivity contribution in [3.63, 3.8) is 0 Å². The smallest absolute Gasteiger partial charge is 0.417 e.